The largest absolute Gasteiger partial charge is 0.357 e. The maximum Gasteiger partial charge on any atom is 0.270 e. The Morgan fingerprint density at radius 1 is 1.07 bits per heavy atom. The molecule has 0 saturated carbocycles. The number of carbonyl (C=O) groups excluding carboxylic acids is 1. The minimum atomic E-state index is -0.109. The number of nitrogens with zero attached hydrogens (tertiary/aromatic N) is 2. The number of rotatable bonds is 4. The molecule has 3 aromatic rings. The number of carbonyl (C=O) groups is 1. The van der Waals surface area contributed by atoms with E-state index >= 15 is 0 Å². The molecule has 4 rings (SSSR count). The SMILES string of the molecule is Cc1ccc([C@]2(C)CN(C(=O)c3cc(-c4ccccc4)c[nH]3)CC2N(C)C)cc1. The number of aryl methyl sites for hydroxylation is 1. The van der Waals surface area contributed by atoms with Crippen molar-refractivity contribution in [3.05, 3.63) is 83.7 Å². The van der Waals surface area contributed by atoms with Crippen LogP contribution in [0.4, 0.5) is 0 Å². The summed E-state index contributed by atoms with van der Waals surface area (Å²) in [6.45, 7) is 5.81. The molecule has 4 nitrogen and oxygen atoms in total. The third-order valence-electron chi connectivity index (χ3n) is 6.29. The lowest BCUT2D eigenvalue weighted by Gasteiger charge is -2.35. The first-order valence-corrected chi connectivity index (χ1v) is 10.2. The van der Waals surface area contributed by atoms with Crippen LogP contribution in [0.2, 0.25) is 0 Å². The summed E-state index contributed by atoms with van der Waals surface area (Å²) < 4.78 is 0. The van der Waals surface area contributed by atoms with Gasteiger partial charge in [-0.3, -0.25) is 4.79 Å². The lowest BCUT2D eigenvalue weighted by atomic mass is 9.77. The number of aromatic nitrogens is 1. The van der Waals surface area contributed by atoms with Gasteiger partial charge in [0.15, 0.2) is 0 Å². The second-order valence-electron chi connectivity index (χ2n) is 8.62. The molecular formula is C25H29N3O. The lowest BCUT2D eigenvalue weighted by molar-refractivity contribution is 0.0775. The molecule has 4 heteroatoms. The van der Waals surface area contributed by atoms with E-state index in [1.807, 2.05) is 35.4 Å². The summed E-state index contributed by atoms with van der Waals surface area (Å²) in [4.78, 5) is 20.7. The molecule has 1 aromatic heterocycles. The second-order valence-corrected chi connectivity index (χ2v) is 8.62. The highest BCUT2D eigenvalue weighted by molar-refractivity contribution is 5.94. The van der Waals surface area contributed by atoms with Crippen LogP contribution in [0.15, 0.2) is 66.9 Å². The van der Waals surface area contributed by atoms with Crippen LogP contribution in [0.5, 0.6) is 0 Å². The van der Waals surface area contributed by atoms with Crippen LogP contribution in [0, 0.1) is 6.92 Å². The van der Waals surface area contributed by atoms with Gasteiger partial charge < -0.3 is 14.8 Å². The number of hydrogen-bond donors (Lipinski definition) is 1. The van der Waals surface area contributed by atoms with Gasteiger partial charge in [0.2, 0.25) is 0 Å². The Bertz CT molecular complexity index is 990. The molecular weight excluding hydrogens is 358 g/mol. The summed E-state index contributed by atoms with van der Waals surface area (Å²) >= 11 is 0. The van der Waals surface area contributed by atoms with Crippen molar-refractivity contribution in [2.45, 2.75) is 25.3 Å². The maximum absolute atomic E-state index is 13.3. The standard InChI is InChI=1S/C25H29N3O/c1-18-10-12-21(13-11-18)25(2)17-28(16-23(25)27(3)4)24(29)22-14-20(15-26-22)19-8-6-5-7-9-19/h5-15,23,26H,16-17H2,1-4H3/t23?,25-/m0/s1. The lowest BCUT2D eigenvalue weighted by Crippen LogP contribution is -2.44. The van der Waals surface area contributed by atoms with Crippen LogP contribution in [-0.2, 0) is 5.41 Å². The van der Waals surface area contributed by atoms with Gasteiger partial charge in [0.05, 0.1) is 0 Å². The van der Waals surface area contributed by atoms with Crippen molar-refractivity contribution in [3.8, 4) is 11.1 Å². The van der Waals surface area contributed by atoms with Crippen molar-refractivity contribution < 1.29 is 4.79 Å². The Hall–Kier alpha value is -2.85. The Morgan fingerprint density at radius 3 is 2.41 bits per heavy atom. The number of nitrogens with one attached hydrogen (secondary N) is 1. The number of aromatic amines is 1. The number of H-pyrrole nitrogens is 1. The van der Waals surface area contributed by atoms with Crippen molar-refractivity contribution in [3.63, 3.8) is 0 Å². The third kappa shape index (κ3) is 3.60. The highest BCUT2D eigenvalue weighted by Crippen LogP contribution is 2.37. The minimum Gasteiger partial charge on any atom is -0.357 e. The number of likely N-dealkylation sites (N-methyl/N-ethyl adjacent to an activating group) is 1. The normalized spacial score (nSPS) is 21.7. The van der Waals surface area contributed by atoms with Gasteiger partial charge in [-0.2, -0.15) is 0 Å². The molecule has 1 saturated heterocycles. The van der Waals surface area contributed by atoms with E-state index in [9.17, 15) is 4.79 Å². The van der Waals surface area contributed by atoms with Crippen LogP contribution < -0.4 is 0 Å². The van der Waals surface area contributed by atoms with Crippen molar-refractivity contribution in [1.29, 1.82) is 0 Å². The van der Waals surface area contributed by atoms with E-state index in [1.54, 1.807) is 0 Å². The highest BCUT2D eigenvalue weighted by Gasteiger charge is 2.47. The average Bonchev–Trinajstić information content (AvgIpc) is 3.34. The van der Waals surface area contributed by atoms with Gasteiger partial charge in [0, 0.05) is 30.7 Å². The van der Waals surface area contributed by atoms with Gasteiger partial charge in [-0.15, -0.1) is 0 Å². The molecule has 29 heavy (non-hydrogen) atoms. The molecule has 0 bridgehead atoms. The molecule has 1 N–H and O–H groups in total. The number of hydrogen-bond acceptors (Lipinski definition) is 2. The molecule has 1 amide bonds. The number of amides is 1. The van der Waals surface area contributed by atoms with Crippen LogP contribution >= 0.6 is 0 Å². The van der Waals surface area contributed by atoms with Gasteiger partial charge in [-0.1, -0.05) is 67.1 Å². The Balaban J connectivity index is 1.60. The van der Waals surface area contributed by atoms with E-state index in [1.165, 1.54) is 11.1 Å². The monoisotopic (exact) mass is 387 g/mol. The van der Waals surface area contributed by atoms with Gasteiger partial charge in [-0.05, 0) is 43.8 Å². The topological polar surface area (TPSA) is 39.3 Å². The van der Waals surface area contributed by atoms with Crippen molar-refractivity contribution in [1.82, 2.24) is 14.8 Å². The second kappa shape index (κ2) is 7.53. The van der Waals surface area contributed by atoms with E-state index < -0.39 is 0 Å². The summed E-state index contributed by atoms with van der Waals surface area (Å²) in [6, 6.07) is 21.1. The zero-order valence-corrected chi connectivity index (χ0v) is 17.6. The van der Waals surface area contributed by atoms with Crippen molar-refractivity contribution in [2.24, 2.45) is 0 Å². The fourth-order valence-corrected chi connectivity index (χ4v) is 4.57. The first-order chi connectivity index (χ1) is 13.9. The fourth-order valence-electron chi connectivity index (χ4n) is 4.57. The molecule has 1 aliphatic heterocycles. The van der Waals surface area contributed by atoms with E-state index in [2.05, 4.69) is 74.2 Å². The Labute approximate surface area is 173 Å². The number of benzene rings is 2. The van der Waals surface area contributed by atoms with E-state index in [4.69, 9.17) is 0 Å². The van der Waals surface area contributed by atoms with Crippen LogP contribution in [-0.4, -0.2) is 53.9 Å². The zero-order valence-electron chi connectivity index (χ0n) is 17.6. The van der Waals surface area contributed by atoms with Gasteiger partial charge in [0.25, 0.3) is 5.91 Å². The van der Waals surface area contributed by atoms with Crippen LogP contribution in [0.25, 0.3) is 11.1 Å². The Kier molecular flexibility index (Phi) is 5.05. The predicted octanol–water partition coefficient (Wildman–Crippen LogP) is 4.33. The summed E-state index contributed by atoms with van der Waals surface area (Å²) in [7, 11) is 4.21. The van der Waals surface area contributed by atoms with E-state index in [-0.39, 0.29) is 17.4 Å². The minimum absolute atomic E-state index is 0.0647. The molecule has 1 fully saturated rings. The number of likely N-dealkylation sites (tertiary alicyclic amines) is 1. The van der Waals surface area contributed by atoms with Gasteiger partial charge in [0.1, 0.15) is 5.69 Å². The smallest absolute Gasteiger partial charge is 0.270 e. The molecule has 2 atom stereocenters. The van der Waals surface area contributed by atoms with Crippen molar-refractivity contribution in [2.75, 3.05) is 27.2 Å². The summed E-state index contributed by atoms with van der Waals surface area (Å²) in [5, 5.41) is 0. The Morgan fingerprint density at radius 2 is 1.76 bits per heavy atom. The molecule has 2 aromatic carbocycles. The third-order valence-corrected chi connectivity index (χ3v) is 6.29. The summed E-state index contributed by atoms with van der Waals surface area (Å²) in [6.07, 6.45) is 1.92. The highest BCUT2D eigenvalue weighted by atomic mass is 16.2. The maximum atomic E-state index is 13.3. The van der Waals surface area contributed by atoms with Gasteiger partial charge in [-0.25, -0.2) is 0 Å². The molecule has 0 aliphatic carbocycles. The van der Waals surface area contributed by atoms with E-state index in [0.717, 1.165) is 17.7 Å². The predicted molar refractivity (Wildman–Crippen MR) is 118 cm³/mol. The van der Waals surface area contributed by atoms with Crippen LogP contribution in [0.3, 0.4) is 0 Å². The summed E-state index contributed by atoms with van der Waals surface area (Å²) in [5.41, 5.74) is 5.23. The zero-order chi connectivity index (χ0) is 20.6. The molecule has 1 unspecified atom stereocenters. The van der Waals surface area contributed by atoms with Crippen molar-refractivity contribution >= 4 is 5.91 Å². The first kappa shape index (κ1) is 19.5. The molecule has 0 spiro atoms. The van der Waals surface area contributed by atoms with Gasteiger partial charge >= 0.3 is 0 Å². The molecule has 150 valence electrons. The quantitative estimate of drug-likeness (QED) is 0.724. The van der Waals surface area contributed by atoms with Crippen LogP contribution in [0.1, 0.15) is 28.5 Å². The average molecular weight is 388 g/mol. The molecule has 0 radical (unpaired) electrons. The summed E-state index contributed by atoms with van der Waals surface area (Å²) in [5.74, 6) is 0.0647. The fraction of sp³-hybridized carbons (Fsp3) is 0.320. The first-order valence-electron chi connectivity index (χ1n) is 10.2. The van der Waals surface area contributed by atoms with E-state index in [0.29, 0.717) is 12.2 Å². The molecule has 2 heterocycles. The molecule has 1 aliphatic rings.